The Labute approximate surface area is 79.9 Å². The lowest BCUT2D eigenvalue weighted by Gasteiger charge is -2.07. The molecule has 0 saturated heterocycles. The monoisotopic (exact) mass is 253 g/mol. The summed E-state index contributed by atoms with van der Waals surface area (Å²) in [5.41, 5.74) is -1.63. The largest absolute Gasteiger partial charge is 0.418 e. The molecule has 0 N–H and O–H groups in total. The van der Waals surface area contributed by atoms with Gasteiger partial charge < -0.3 is 0 Å². The molecule has 0 atom stereocenters. The molecule has 70 valence electrons. The molecule has 1 rings (SSSR count). The number of nitroso groups, excluding NO2 is 1. The van der Waals surface area contributed by atoms with Gasteiger partial charge in [0.15, 0.2) is 0 Å². The molecule has 0 aliphatic carbocycles. The summed E-state index contributed by atoms with van der Waals surface area (Å²) in [6, 6.07) is 3.16. The van der Waals surface area contributed by atoms with Crippen LogP contribution in [-0.2, 0) is 6.18 Å². The Kier molecular flexibility index (Phi) is 2.70. The molecule has 13 heavy (non-hydrogen) atoms. The van der Waals surface area contributed by atoms with Gasteiger partial charge in [-0.25, -0.2) is 0 Å². The summed E-state index contributed by atoms with van der Waals surface area (Å²) < 4.78 is 36.8. The van der Waals surface area contributed by atoms with E-state index in [1.807, 2.05) is 0 Å². The summed E-state index contributed by atoms with van der Waals surface area (Å²) in [6.07, 6.45) is -4.55. The van der Waals surface area contributed by atoms with Crippen LogP contribution in [0.1, 0.15) is 5.56 Å². The lowest BCUT2D eigenvalue weighted by atomic mass is 10.2. The molecular weight excluding hydrogens is 251 g/mol. The van der Waals surface area contributed by atoms with Crippen molar-refractivity contribution in [2.75, 3.05) is 0 Å². The maximum Gasteiger partial charge on any atom is 0.418 e. The van der Waals surface area contributed by atoms with E-state index in [2.05, 4.69) is 21.1 Å². The molecule has 0 spiro atoms. The summed E-state index contributed by atoms with van der Waals surface area (Å²) in [6.45, 7) is 0. The van der Waals surface area contributed by atoms with Crippen molar-refractivity contribution in [2.45, 2.75) is 6.18 Å². The van der Waals surface area contributed by atoms with Gasteiger partial charge >= 0.3 is 6.18 Å². The summed E-state index contributed by atoms with van der Waals surface area (Å²) in [7, 11) is 0. The van der Waals surface area contributed by atoms with Crippen molar-refractivity contribution in [3.63, 3.8) is 0 Å². The van der Waals surface area contributed by atoms with E-state index in [4.69, 9.17) is 0 Å². The van der Waals surface area contributed by atoms with E-state index in [1.165, 1.54) is 6.07 Å². The van der Waals surface area contributed by atoms with Crippen LogP contribution in [0.4, 0.5) is 18.9 Å². The highest BCUT2D eigenvalue weighted by atomic mass is 79.9. The second kappa shape index (κ2) is 3.45. The topological polar surface area (TPSA) is 29.4 Å². The number of hydrogen-bond donors (Lipinski definition) is 0. The number of alkyl halides is 3. The Morgan fingerprint density at radius 1 is 1.31 bits per heavy atom. The maximum atomic E-state index is 12.2. The van der Waals surface area contributed by atoms with Crippen molar-refractivity contribution in [3.05, 3.63) is 33.1 Å². The first-order valence-corrected chi connectivity index (χ1v) is 3.94. The molecule has 0 saturated carbocycles. The average molecular weight is 254 g/mol. The van der Waals surface area contributed by atoms with Gasteiger partial charge in [0.2, 0.25) is 0 Å². The van der Waals surface area contributed by atoms with Gasteiger partial charge in [-0.3, -0.25) is 0 Å². The van der Waals surface area contributed by atoms with Crippen molar-refractivity contribution in [3.8, 4) is 0 Å². The van der Waals surface area contributed by atoms with Crippen LogP contribution in [0.2, 0.25) is 0 Å². The molecule has 6 heteroatoms. The first kappa shape index (κ1) is 10.2. The first-order chi connectivity index (χ1) is 5.95. The molecule has 0 radical (unpaired) electrons. The van der Waals surface area contributed by atoms with Gasteiger partial charge in [0.25, 0.3) is 0 Å². The maximum absolute atomic E-state index is 12.2. The summed E-state index contributed by atoms with van der Waals surface area (Å²) in [5, 5.41) is 2.29. The SMILES string of the molecule is O=Nc1ccc(Br)cc1C(F)(F)F. The van der Waals surface area contributed by atoms with Crippen LogP contribution < -0.4 is 0 Å². The van der Waals surface area contributed by atoms with Gasteiger partial charge in [0, 0.05) is 4.47 Å². The highest BCUT2D eigenvalue weighted by Gasteiger charge is 2.34. The smallest absolute Gasteiger partial charge is 0.166 e. The van der Waals surface area contributed by atoms with Gasteiger partial charge in [-0.05, 0) is 23.4 Å². The quantitative estimate of drug-likeness (QED) is 0.699. The highest BCUT2D eigenvalue weighted by molar-refractivity contribution is 9.10. The molecule has 0 aliphatic heterocycles. The molecule has 1 aromatic carbocycles. The third kappa shape index (κ3) is 2.27. The molecule has 1 aromatic rings. The second-order valence-electron chi connectivity index (χ2n) is 2.25. The van der Waals surface area contributed by atoms with Crippen molar-refractivity contribution >= 4 is 21.6 Å². The number of benzene rings is 1. The zero-order valence-corrected chi connectivity index (χ0v) is 7.69. The van der Waals surface area contributed by atoms with E-state index in [1.54, 1.807) is 0 Å². The fourth-order valence-corrected chi connectivity index (χ4v) is 1.18. The van der Waals surface area contributed by atoms with Gasteiger partial charge in [0.05, 0.1) is 5.56 Å². The fourth-order valence-electron chi connectivity index (χ4n) is 0.815. The van der Waals surface area contributed by atoms with E-state index in [0.29, 0.717) is 0 Å². The van der Waals surface area contributed by atoms with E-state index in [-0.39, 0.29) is 4.47 Å². The Hall–Kier alpha value is -0.910. The van der Waals surface area contributed by atoms with E-state index >= 15 is 0 Å². The molecule has 2 nitrogen and oxygen atoms in total. The van der Waals surface area contributed by atoms with Crippen molar-refractivity contribution < 1.29 is 13.2 Å². The Morgan fingerprint density at radius 2 is 1.92 bits per heavy atom. The van der Waals surface area contributed by atoms with E-state index in [9.17, 15) is 18.1 Å². The molecule has 0 unspecified atom stereocenters. The van der Waals surface area contributed by atoms with Crippen LogP contribution in [0, 0.1) is 4.91 Å². The lowest BCUT2D eigenvalue weighted by Crippen LogP contribution is -2.04. The number of rotatable bonds is 1. The molecule has 0 aromatic heterocycles. The van der Waals surface area contributed by atoms with Gasteiger partial charge in [0.1, 0.15) is 5.69 Å². The van der Waals surface area contributed by atoms with E-state index in [0.717, 1.165) is 12.1 Å². The lowest BCUT2D eigenvalue weighted by molar-refractivity contribution is -0.137. The summed E-state index contributed by atoms with van der Waals surface area (Å²) >= 11 is 2.87. The molecule has 0 amide bonds. The van der Waals surface area contributed by atoms with Crippen LogP contribution >= 0.6 is 15.9 Å². The van der Waals surface area contributed by atoms with E-state index < -0.39 is 17.4 Å². The van der Waals surface area contributed by atoms with Crippen LogP contribution in [-0.4, -0.2) is 0 Å². The molecule has 0 bridgehead atoms. The Bertz CT molecular complexity index is 337. The minimum Gasteiger partial charge on any atom is -0.166 e. The van der Waals surface area contributed by atoms with Crippen LogP contribution in [0.3, 0.4) is 0 Å². The standard InChI is InChI=1S/C7H3BrF3NO/c8-4-1-2-6(12-13)5(3-4)7(9,10)11/h1-3H. The third-order valence-electron chi connectivity index (χ3n) is 1.36. The second-order valence-corrected chi connectivity index (χ2v) is 3.17. The van der Waals surface area contributed by atoms with Gasteiger partial charge in [-0.2, -0.15) is 13.2 Å². The zero-order chi connectivity index (χ0) is 10.1. The Balaban J connectivity index is 3.32. The van der Waals surface area contributed by atoms with Crippen LogP contribution in [0.25, 0.3) is 0 Å². The normalized spacial score (nSPS) is 11.4. The fraction of sp³-hybridized carbons (Fsp3) is 0.143. The van der Waals surface area contributed by atoms with Crippen LogP contribution in [0.5, 0.6) is 0 Å². The predicted octanol–water partition coefficient (Wildman–Crippen LogP) is 3.87. The molecule has 0 aliphatic rings. The minimum atomic E-state index is -4.55. The third-order valence-corrected chi connectivity index (χ3v) is 1.86. The summed E-state index contributed by atoms with van der Waals surface area (Å²) in [4.78, 5) is 10.0. The Morgan fingerprint density at radius 3 is 2.38 bits per heavy atom. The first-order valence-electron chi connectivity index (χ1n) is 3.15. The predicted molar refractivity (Wildman–Crippen MR) is 44.6 cm³/mol. The molecule has 0 fully saturated rings. The minimum absolute atomic E-state index is 0.257. The van der Waals surface area contributed by atoms with Crippen molar-refractivity contribution in [1.29, 1.82) is 0 Å². The zero-order valence-electron chi connectivity index (χ0n) is 6.10. The molecular formula is C7H3BrF3NO. The van der Waals surface area contributed by atoms with Crippen molar-refractivity contribution in [1.82, 2.24) is 0 Å². The van der Waals surface area contributed by atoms with Crippen molar-refractivity contribution in [2.24, 2.45) is 5.18 Å². The van der Waals surface area contributed by atoms with Gasteiger partial charge in [-0.15, -0.1) is 4.91 Å². The number of halogens is 4. The molecule has 0 heterocycles. The highest BCUT2D eigenvalue weighted by Crippen LogP contribution is 2.37. The van der Waals surface area contributed by atoms with Crippen LogP contribution in [0.15, 0.2) is 27.8 Å². The number of hydrogen-bond acceptors (Lipinski definition) is 2. The van der Waals surface area contributed by atoms with Gasteiger partial charge in [-0.1, -0.05) is 15.9 Å². The average Bonchev–Trinajstić information content (AvgIpc) is 2.03. The number of nitrogens with zero attached hydrogens (tertiary/aromatic N) is 1. The summed E-state index contributed by atoms with van der Waals surface area (Å²) in [5.74, 6) is 0.